The number of hydrogen-bond acceptors (Lipinski definition) is 2. The second-order valence-corrected chi connectivity index (χ2v) is 3.66. The minimum Gasteiger partial charge on any atom is -0.289 e. The summed E-state index contributed by atoms with van der Waals surface area (Å²) in [4.78, 5) is 11.0. The van der Waals surface area contributed by atoms with Crippen LogP contribution in [0.3, 0.4) is 0 Å². The molecule has 0 saturated carbocycles. The van der Waals surface area contributed by atoms with Crippen molar-refractivity contribution in [1.29, 1.82) is 0 Å². The molecular formula is C11H14FNO2. The molecule has 1 aromatic rings. The molecule has 0 aliphatic heterocycles. The van der Waals surface area contributed by atoms with E-state index in [1.54, 1.807) is 31.5 Å². The number of nitrogens with one attached hydrogen (secondary N) is 1. The number of carbonyl (C=O) groups excluding carboxylic acids is 1. The van der Waals surface area contributed by atoms with Crippen LogP contribution in [0.1, 0.15) is 18.1 Å². The van der Waals surface area contributed by atoms with Crippen molar-refractivity contribution >= 4 is 5.91 Å². The molecule has 0 saturated heterocycles. The molecule has 1 amide bonds. The zero-order chi connectivity index (χ0) is 11.4. The first-order valence-electron chi connectivity index (χ1n) is 4.73. The lowest BCUT2D eigenvalue weighted by Crippen LogP contribution is -2.27. The first-order valence-corrected chi connectivity index (χ1v) is 4.73. The van der Waals surface area contributed by atoms with Crippen molar-refractivity contribution in [2.24, 2.45) is 5.92 Å². The number of amides is 1. The second kappa shape index (κ2) is 4.89. The zero-order valence-corrected chi connectivity index (χ0v) is 8.75. The maximum Gasteiger partial charge on any atom is 0.246 e. The van der Waals surface area contributed by atoms with Crippen LogP contribution < -0.4 is 5.48 Å². The van der Waals surface area contributed by atoms with E-state index >= 15 is 0 Å². The SMILES string of the molecule is Cc1cc(C[C@H](C)C(=O)NO)ccc1F. The summed E-state index contributed by atoms with van der Waals surface area (Å²) in [5.41, 5.74) is 3.04. The van der Waals surface area contributed by atoms with Gasteiger partial charge in [-0.05, 0) is 30.5 Å². The van der Waals surface area contributed by atoms with Gasteiger partial charge in [-0.25, -0.2) is 9.87 Å². The van der Waals surface area contributed by atoms with Gasteiger partial charge in [-0.15, -0.1) is 0 Å². The van der Waals surface area contributed by atoms with Gasteiger partial charge < -0.3 is 0 Å². The van der Waals surface area contributed by atoms with Crippen LogP contribution >= 0.6 is 0 Å². The molecule has 1 rings (SSSR count). The van der Waals surface area contributed by atoms with E-state index < -0.39 is 5.91 Å². The zero-order valence-electron chi connectivity index (χ0n) is 8.75. The predicted octanol–water partition coefficient (Wildman–Crippen LogP) is 1.82. The fourth-order valence-corrected chi connectivity index (χ4v) is 1.39. The number of aryl methyl sites for hydroxylation is 1. The van der Waals surface area contributed by atoms with E-state index in [1.807, 2.05) is 0 Å². The van der Waals surface area contributed by atoms with Gasteiger partial charge in [0.1, 0.15) is 5.82 Å². The monoisotopic (exact) mass is 211 g/mol. The number of hydroxylamine groups is 1. The van der Waals surface area contributed by atoms with Gasteiger partial charge in [0.25, 0.3) is 0 Å². The summed E-state index contributed by atoms with van der Waals surface area (Å²) in [5, 5.41) is 8.42. The molecule has 0 heterocycles. The average Bonchev–Trinajstić information content (AvgIpc) is 2.22. The van der Waals surface area contributed by atoms with Crippen LogP contribution in [-0.2, 0) is 11.2 Å². The van der Waals surface area contributed by atoms with E-state index in [2.05, 4.69) is 0 Å². The van der Waals surface area contributed by atoms with Crippen molar-refractivity contribution < 1.29 is 14.4 Å². The molecule has 4 heteroatoms. The maximum absolute atomic E-state index is 12.9. The highest BCUT2D eigenvalue weighted by molar-refractivity contribution is 5.77. The number of benzene rings is 1. The largest absolute Gasteiger partial charge is 0.289 e. The third-order valence-electron chi connectivity index (χ3n) is 2.32. The smallest absolute Gasteiger partial charge is 0.246 e. The van der Waals surface area contributed by atoms with Crippen LogP contribution in [0, 0.1) is 18.7 Å². The Morgan fingerprint density at radius 1 is 1.60 bits per heavy atom. The summed E-state index contributed by atoms with van der Waals surface area (Å²) in [6.07, 6.45) is 0.480. The normalized spacial score (nSPS) is 12.3. The predicted molar refractivity (Wildman–Crippen MR) is 53.9 cm³/mol. The Bertz CT molecular complexity index is 366. The third kappa shape index (κ3) is 3.02. The van der Waals surface area contributed by atoms with Crippen LogP contribution in [0.2, 0.25) is 0 Å². The summed E-state index contributed by atoms with van der Waals surface area (Å²) in [6.45, 7) is 3.37. The van der Waals surface area contributed by atoms with E-state index in [0.717, 1.165) is 5.56 Å². The average molecular weight is 211 g/mol. The first kappa shape index (κ1) is 11.7. The summed E-state index contributed by atoms with van der Waals surface area (Å²) >= 11 is 0. The quantitative estimate of drug-likeness (QED) is 0.591. The Hall–Kier alpha value is -1.42. The summed E-state index contributed by atoms with van der Waals surface area (Å²) < 4.78 is 12.9. The van der Waals surface area contributed by atoms with Gasteiger partial charge in [0.15, 0.2) is 0 Å². The van der Waals surface area contributed by atoms with Gasteiger partial charge in [-0.3, -0.25) is 10.0 Å². The maximum atomic E-state index is 12.9. The molecule has 0 bridgehead atoms. The Morgan fingerprint density at radius 2 is 2.27 bits per heavy atom. The molecule has 2 N–H and O–H groups in total. The minimum atomic E-state index is -0.433. The van der Waals surface area contributed by atoms with Crippen LogP contribution in [0.4, 0.5) is 4.39 Å². The van der Waals surface area contributed by atoms with Crippen LogP contribution in [0.25, 0.3) is 0 Å². The summed E-state index contributed by atoms with van der Waals surface area (Å²) in [6, 6.07) is 4.73. The van der Waals surface area contributed by atoms with Crippen molar-refractivity contribution in [3.8, 4) is 0 Å². The van der Waals surface area contributed by atoms with Crippen molar-refractivity contribution in [2.75, 3.05) is 0 Å². The molecule has 0 unspecified atom stereocenters. The van der Waals surface area contributed by atoms with E-state index in [-0.39, 0.29) is 11.7 Å². The molecule has 0 spiro atoms. The highest BCUT2D eigenvalue weighted by Crippen LogP contribution is 2.13. The second-order valence-electron chi connectivity index (χ2n) is 3.66. The standard InChI is InChI=1S/C11H14FNO2/c1-7-5-9(3-4-10(7)12)6-8(2)11(14)13-15/h3-5,8,15H,6H2,1-2H3,(H,13,14)/t8-/m0/s1. The number of carbonyl (C=O) groups is 1. The lowest BCUT2D eigenvalue weighted by Gasteiger charge is -2.09. The molecule has 0 aliphatic rings. The molecule has 0 aromatic heterocycles. The number of rotatable bonds is 3. The molecule has 0 aliphatic carbocycles. The third-order valence-corrected chi connectivity index (χ3v) is 2.32. The van der Waals surface area contributed by atoms with Crippen LogP contribution in [0.15, 0.2) is 18.2 Å². The number of halogens is 1. The summed E-state index contributed by atoms with van der Waals surface area (Å²) in [7, 11) is 0. The molecule has 15 heavy (non-hydrogen) atoms. The van der Waals surface area contributed by atoms with E-state index in [0.29, 0.717) is 12.0 Å². The Labute approximate surface area is 87.9 Å². The molecule has 1 atom stereocenters. The fourth-order valence-electron chi connectivity index (χ4n) is 1.39. The van der Waals surface area contributed by atoms with Crippen LogP contribution in [0.5, 0.6) is 0 Å². The van der Waals surface area contributed by atoms with Gasteiger partial charge in [0, 0.05) is 5.92 Å². The molecule has 1 aromatic carbocycles. The Morgan fingerprint density at radius 3 is 2.80 bits per heavy atom. The molecule has 82 valence electrons. The summed E-state index contributed by atoms with van der Waals surface area (Å²) in [5.74, 6) is -1.02. The Kier molecular flexibility index (Phi) is 3.80. The first-order chi connectivity index (χ1) is 7.04. The highest BCUT2D eigenvalue weighted by atomic mass is 19.1. The van der Waals surface area contributed by atoms with Gasteiger partial charge in [-0.2, -0.15) is 0 Å². The fraction of sp³-hybridized carbons (Fsp3) is 0.364. The lowest BCUT2D eigenvalue weighted by molar-refractivity contribution is -0.132. The van der Waals surface area contributed by atoms with Gasteiger partial charge in [0.2, 0.25) is 5.91 Å². The Balaban J connectivity index is 2.73. The van der Waals surface area contributed by atoms with Gasteiger partial charge in [0.05, 0.1) is 0 Å². The minimum absolute atomic E-state index is 0.252. The molecule has 3 nitrogen and oxygen atoms in total. The number of hydrogen-bond donors (Lipinski definition) is 2. The van der Waals surface area contributed by atoms with E-state index in [1.165, 1.54) is 6.07 Å². The van der Waals surface area contributed by atoms with Crippen molar-refractivity contribution in [2.45, 2.75) is 20.3 Å². The van der Waals surface area contributed by atoms with E-state index in [4.69, 9.17) is 5.21 Å². The molecule has 0 fully saturated rings. The highest BCUT2D eigenvalue weighted by Gasteiger charge is 2.12. The lowest BCUT2D eigenvalue weighted by atomic mass is 9.99. The van der Waals surface area contributed by atoms with Crippen LogP contribution in [-0.4, -0.2) is 11.1 Å². The van der Waals surface area contributed by atoms with Crippen molar-refractivity contribution in [3.63, 3.8) is 0 Å². The van der Waals surface area contributed by atoms with Crippen molar-refractivity contribution in [1.82, 2.24) is 5.48 Å². The van der Waals surface area contributed by atoms with Gasteiger partial charge in [-0.1, -0.05) is 19.1 Å². The van der Waals surface area contributed by atoms with E-state index in [9.17, 15) is 9.18 Å². The molecule has 0 radical (unpaired) electrons. The molecular weight excluding hydrogens is 197 g/mol. The van der Waals surface area contributed by atoms with Crippen molar-refractivity contribution in [3.05, 3.63) is 35.1 Å². The topological polar surface area (TPSA) is 49.3 Å². The van der Waals surface area contributed by atoms with Gasteiger partial charge >= 0.3 is 0 Å².